The van der Waals surface area contributed by atoms with Crippen molar-refractivity contribution in [3.8, 4) is 11.4 Å². The third-order valence-corrected chi connectivity index (χ3v) is 5.17. The third-order valence-electron chi connectivity index (χ3n) is 4.03. The van der Waals surface area contributed by atoms with Gasteiger partial charge in [0.25, 0.3) is 21.4 Å². The molecule has 12 nitrogen and oxygen atoms in total. The number of nitrogens with one attached hydrogen (secondary N) is 3. The summed E-state index contributed by atoms with van der Waals surface area (Å²) in [5.74, 6) is -0.705. The number of hydrogen-bond acceptors (Lipinski definition) is 8. The topological polar surface area (TPSA) is 182 Å². The van der Waals surface area contributed by atoms with Crippen molar-refractivity contribution in [2.24, 2.45) is 0 Å². The third kappa shape index (κ3) is 4.07. The molecule has 0 bridgehead atoms. The largest absolute Gasteiger partial charge is 0.870 e. The van der Waals surface area contributed by atoms with Gasteiger partial charge in [-0.05, 0) is 31.2 Å². The van der Waals surface area contributed by atoms with Crippen molar-refractivity contribution in [1.29, 1.82) is 0 Å². The minimum Gasteiger partial charge on any atom is -0.870 e. The molecule has 0 amide bonds. The molecule has 0 aliphatic rings. The fourth-order valence-corrected chi connectivity index (χ4v) is 3.24. The number of aromatic amines is 1. The van der Waals surface area contributed by atoms with Gasteiger partial charge in [-0.3, -0.25) is 30.0 Å². The second kappa shape index (κ2) is 7.70. The highest BCUT2D eigenvalue weighted by atomic mass is 35.5. The van der Waals surface area contributed by atoms with Gasteiger partial charge in [-0.2, -0.15) is 8.42 Å². The van der Waals surface area contributed by atoms with E-state index in [2.05, 4.69) is 16.0 Å². The van der Waals surface area contributed by atoms with Crippen LogP contribution in [0.2, 0.25) is 5.02 Å². The SMILES string of the molecule is Cc1[nH]n(-c2ccc(S(=O)(=O)O)cc2)c(=O)c1NNc1cc([N+](=O)[O-])cc(Cl)c1[O-]. The molecular weight excluding hydrogens is 442 g/mol. The number of nitrogens with zero attached hydrogens (tertiary/aromatic N) is 2. The van der Waals surface area contributed by atoms with Crippen molar-refractivity contribution in [3.05, 3.63) is 67.6 Å². The summed E-state index contributed by atoms with van der Waals surface area (Å²) in [5, 5.41) is 25.4. The van der Waals surface area contributed by atoms with Gasteiger partial charge in [0.2, 0.25) is 0 Å². The maximum absolute atomic E-state index is 12.7. The predicted octanol–water partition coefficient (Wildman–Crippen LogP) is 1.79. The summed E-state index contributed by atoms with van der Waals surface area (Å²) < 4.78 is 32.4. The zero-order valence-corrected chi connectivity index (χ0v) is 16.6. The van der Waals surface area contributed by atoms with E-state index in [1.165, 1.54) is 12.1 Å². The van der Waals surface area contributed by atoms with Gasteiger partial charge in [0.1, 0.15) is 5.69 Å². The molecule has 30 heavy (non-hydrogen) atoms. The first-order valence-electron chi connectivity index (χ1n) is 8.05. The molecule has 2 aromatic carbocycles. The van der Waals surface area contributed by atoms with Crippen molar-refractivity contribution in [2.45, 2.75) is 11.8 Å². The molecule has 1 aromatic heterocycles. The Balaban J connectivity index is 1.91. The number of non-ortho nitro benzene ring substituents is 1. The zero-order valence-electron chi connectivity index (χ0n) is 15.0. The second-order valence-corrected chi connectivity index (χ2v) is 7.86. The van der Waals surface area contributed by atoms with Gasteiger partial charge < -0.3 is 10.5 Å². The van der Waals surface area contributed by atoms with Crippen LogP contribution in [-0.2, 0) is 10.1 Å². The molecule has 0 spiro atoms. The molecule has 0 saturated heterocycles. The van der Waals surface area contributed by atoms with E-state index >= 15 is 0 Å². The monoisotopic (exact) mass is 454 g/mol. The number of hydrazine groups is 1. The second-order valence-electron chi connectivity index (χ2n) is 6.03. The molecule has 4 N–H and O–H groups in total. The van der Waals surface area contributed by atoms with Crippen molar-refractivity contribution >= 4 is 38.8 Å². The maximum Gasteiger partial charge on any atom is 0.296 e. The smallest absolute Gasteiger partial charge is 0.296 e. The quantitative estimate of drug-likeness (QED) is 0.245. The Morgan fingerprint density at radius 1 is 1.20 bits per heavy atom. The van der Waals surface area contributed by atoms with Gasteiger partial charge in [-0.25, -0.2) is 4.68 Å². The Labute approximate surface area is 173 Å². The molecule has 0 saturated carbocycles. The summed E-state index contributed by atoms with van der Waals surface area (Å²) in [7, 11) is -4.38. The number of benzene rings is 2. The van der Waals surface area contributed by atoms with Crippen LogP contribution in [-0.4, -0.2) is 27.7 Å². The molecule has 0 fully saturated rings. The van der Waals surface area contributed by atoms with Crippen LogP contribution in [0.15, 0.2) is 46.1 Å². The normalized spacial score (nSPS) is 11.3. The number of hydrogen-bond donors (Lipinski definition) is 4. The van der Waals surface area contributed by atoms with Crippen LogP contribution in [0.25, 0.3) is 5.69 Å². The van der Waals surface area contributed by atoms with Crippen LogP contribution in [0.1, 0.15) is 5.69 Å². The molecule has 3 rings (SSSR count). The minimum atomic E-state index is -4.38. The van der Waals surface area contributed by atoms with Gasteiger partial charge >= 0.3 is 0 Å². The molecular formula is C16H13ClN5O7S-. The van der Waals surface area contributed by atoms with E-state index in [0.717, 1.165) is 28.9 Å². The molecule has 0 radical (unpaired) electrons. The van der Waals surface area contributed by atoms with Gasteiger partial charge in [0.15, 0.2) is 0 Å². The maximum atomic E-state index is 12.7. The zero-order chi connectivity index (χ0) is 22.2. The highest BCUT2D eigenvalue weighted by Crippen LogP contribution is 2.33. The van der Waals surface area contributed by atoms with E-state index in [4.69, 9.17) is 16.2 Å². The fraction of sp³-hybridized carbons (Fsp3) is 0.0625. The summed E-state index contributed by atoms with van der Waals surface area (Å²) >= 11 is 5.72. The van der Waals surface area contributed by atoms with Crippen molar-refractivity contribution in [3.63, 3.8) is 0 Å². The lowest BCUT2D eigenvalue weighted by Crippen LogP contribution is -2.21. The summed E-state index contributed by atoms with van der Waals surface area (Å²) in [6.45, 7) is 1.55. The average Bonchev–Trinajstić information content (AvgIpc) is 2.96. The van der Waals surface area contributed by atoms with E-state index in [9.17, 15) is 28.4 Å². The first-order chi connectivity index (χ1) is 14.0. The summed E-state index contributed by atoms with van der Waals surface area (Å²) in [6.07, 6.45) is 0. The summed E-state index contributed by atoms with van der Waals surface area (Å²) in [4.78, 5) is 22.5. The molecule has 0 unspecified atom stereocenters. The number of aromatic nitrogens is 2. The van der Waals surface area contributed by atoms with Gasteiger partial charge in [-0.15, -0.1) is 0 Å². The van der Waals surface area contributed by atoms with E-state index in [1.54, 1.807) is 6.92 Å². The first-order valence-corrected chi connectivity index (χ1v) is 9.87. The Morgan fingerprint density at radius 3 is 2.40 bits per heavy atom. The van der Waals surface area contributed by atoms with Crippen LogP contribution in [0.3, 0.4) is 0 Å². The van der Waals surface area contributed by atoms with E-state index in [1.807, 2.05) is 0 Å². The number of nitro benzene ring substituents is 1. The summed E-state index contributed by atoms with van der Waals surface area (Å²) in [6, 6.07) is 6.72. The fourth-order valence-electron chi connectivity index (χ4n) is 2.55. The molecule has 0 atom stereocenters. The molecule has 3 aromatic rings. The first kappa shape index (κ1) is 21.2. The number of rotatable bonds is 6. The number of anilines is 2. The van der Waals surface area contributed by atoms with Crippen LogP contribution in [0.4, 0.5) is 17.1 Å². The van der Waals surface area contributed by atoms with E-state index in [-0.39, 0.29) is 27.0 Å². The van der Waals surface area contributed by atoms with Crippen LogP contribution in [0, 0.1) is 17.0 Å². The molecule has 0 aliphatic carbocycles. The molecule has 158 valence electrons. The molecule has 0 aliphatic heterocycles. The van der Waals surface area contributed by atoms with Crippen LogP contribution >= 0.6 is 11.6 Å². The Bertz CT molecular complexity index is 1300. The van der Waals surface area contributed by atoms with Crippen LogP contribution < -0.4 is 21.5 Å². The number of H-pyrrole nitrogens is 1. The van der Waals surface area contributed by atoms with Crippen molar-refractivity contribution in [1.82, 2.24) is 9.78 Å². The lowest BCUT2D eigenvalue weighted by Gasteiger charge is -2.17. The van der Waals surface area contributed by atoms with E-state index in [0.29, 0.717) is 5.69 Å². The molecule has 1 heterocycles. The highest BCUT2D eigenvalue weighted by Gasteiger charge is 2.15. The highest BCUT2D eigenvalue weighted by molar-refractivity contribution is 7.85. The number of halogens is 1. The van der Waals surface area contributed by atoms with Crippen molar-refractivity contribution in [2.75, 3.05) is 10.9 Å². The Hall–Kier alpha value is -3.55. The number of aryl methyl sites for hydroxylation is 1. The standard InChI is InChI=1S/C16H14ClN5O7S/c1-8-14(19-18-13-7-10(22(25)26)6-12(17)15(13)23)16(24)21(20-8)9-2-4-11(5-3-9)30(27,28)29/h2-7,18-20,23H,1H3,(H,27,28,29)/p-1. The van der Waals surface area contributed by atoms with Gasteiger partial charge in [0.05, 0.1) is 26.9 Å². The summed E-state index contributed by atoms with van der Waals surface area (Å²) in [5.41, 5.74) is 4.34. The lowest BCUT2D eigenvalue weighted by atomic mass is 10.2. The van der Waals surface area contributed by atoms with Crippen molar-refractivity contribution < 1.29 is 23.0 Å². The lowest BCUT2D eigenvalue weighted by molar-refractivity contribution is -0.385. The number of nitro groups is 1. The predicted molar refractivity (Wildman–Crippen MR) is 106 cm³/mol. The van der Waals surface area contributed by atoms with Crippen LogP contribution in [0.5, 0.6) is 5.75 Å². The minimum absolute atomic E-state index is 0.00381. The Morgan fingerprint density at radius 2 is 1.83 bits per heavy atom. The Kier molecular flexibility index (Phi) is 5.43. The van der Waals surface area contributed by atoms with E-state index < -0.39 is 32.0 Å². The van der Waals surface area contributed by atoms with Gasteiger partial charge in [-0.1, -0.05) is 17.4 Å². The van der Waals surface area contributed by atoms with Gasteiger partial charge in [0, 0.05) is 17.2 Å². The average molecular weight is 455 g/mol. The molecule has 14 heteroatoms.